The Hall–Kier alpha value is -2.77. The Morgan fingerprint density at radius 2 is 1.77 bits per heavy atom. The van der Waals surface area contributed by atoms with Crippen LogP contribution in [0.1, 0.15) is 44.7 Å². The van der Waals surface area contributed by atoms with Crippen molar-refractivity contribution in [2.75, 3.05) is 26.7 Å². The van der Waals surface area contributed by atoms with Crippen LogP contribution in [0.4, 0.5) is 4.79 Å². The standard InChI is InChI=1S/C22H33N5O3/c1-22(2,3)30-21(29)27-14-18(15-27)25-20(23-4)24-11-7-10-19(28)26-12-16-8-5-6-9-17(16)13-26/h5-6,8-9,18H,7,10-15H2,1-4H3,(H2,23,24,25). The van der Waals surface area contributed by atoms with Crippen LogP contribution in [-0.4, -0.2) is 66.1 Å². The second-order valence-corrected chi connectivity index (χ2v) is 8.85. The van der Waals surface area contributed by atoms with E-state index in [9.17, 15) is 9.59 Å². The van der Waals surface area contributed by atoms with Crippen LogP contribution in [-0.2, 0) is 22.6 Å². The van der Waals surface area contributed by atoms with Crippen molar-refractivity contribution in [1.82, 2.24) is 20.4 Å². The number of fused-ring (bicyclic) bond motifs is 1. The van der Waals surface area contributed by atoms with Gasteiger partial charge in [-0.25, -0.2) is 4.79 Å². The molecular weight excluding hydrogens is 382 g/mol. The van der Waals surface area contributed by atoms with Gasteiger partial charge >= 0.3 is 6.09 Å². The fraction of sp³-hybridized carbons (Fsp3) is 0.591. The SMILES string of the molecule is CN=C(NCCCC(=O)N1Cc2ccccc2C1)NC1CN(C(=O)OC(C)(C)C)C1. The van der Waals surface area contributed by atoms with E-state index in [1.807, 2.05) is 37.8 Å². The summed E-state index contributed by atoms with van der Waals surface area (Å²) in [5, 5.41) is 6.55. The molecule has 8 nitrogen and oxygen atoms in total. The Balaban J connectivity index is 1.30. The number of hydrogen-bond donors (Lipinski definition) is 2. The topological polar surface area (TPSA) is 86.3 Å². The van der Waals surface area contributed by atoms with Gasteiger partial charge in [-0.3, -0.25) is 9.79 Å². The van der Waals surface area contributed by atoms with Crippen LogP contribution in [0, 0.1) is 0 Å². The maximum Gasteiger partial charge on any atom is 0.410 e. The van der Waals surface area contributed by atoms with E-state index in [2.05, 4.69) is 27.8 Å². The number of likely N-dealkylation sites (tertiary alicyclic amines) is 1. The van der Waals surface area contributed by atoms with Crippen molar-refractivity contribution < 1.29 is 14.3 Å². The number of guanidine groups is 1. The predicted octanol–water partition coefficient (Wildman–Crippen LogP) is 2.09. The molecule has 1 aromatic rings. The van der Waals surface area contributed by atoms with Crippen LogP contribution >= 0.6 is 0 Å². The number of aliphatic imine (C=N–C) groups is 1. The summed E-state index contributed by atoms with van der Waals surface area (Å²) < 4.78 is 5.36. The molecule has 30 heavy (non-hydrogen) atoms. The first-order valence-corrected chi connectivity index (χ1v) is 10.5. The van der Waals surface area contributed by atoms with Crippen LogP contribution in [0.2, 0.25) is 0 Å². The average Bonchev–Trinajstić information content (AvgIpc) is 3.08. The van der Waals surface area contributed by atoms with E-state index in [-0.39, 0.29) is 18.0 Å². The average molecular weight is 416 g/mol. The molecule has 0 unspecified atom stereocenters. The molecule has 8 heteroatoms. The number of rotatable bonds is 5. The zero-order chi connectivity index (χ0) is 21.7. The van der Waals surface area contributed by atoms with Gasteiger partial charge in [0.15, 0.2) is 5.96 Å². The smallest absolute Gasteiger partial charge is 0.410 e. The first-order chi connectivity index (χ1) is 14.2. The normalized spacial score (nSPS) is 16.7. The Morgan fingerprint density at radius 3 is 2.33 bits per heavy atom. The maximum atomic E-state index is 12.5. The summed E-state index contributed by atoms with van der Waals surface area (Å²) in [6, 6.07) is 8.36. The Kier molecular flexibility index (Phi) is 6.84. The number of carbonyl (C=O) groups excluding carboxylic acids is 2. The number of benzene rings is 1. The molecule has 2 heterocycles. The minimum atomic E-state index is -0.484. The molecule has 2 aliphatic heterocycles. The lowest BCUT2D eigenvalue weighted by Gasteiger charge is -2.40. The van der Waals surface area contributed by atoms with Gasteiger partial charge in [0, 0.05) is 46.2 Å². The van der Waals surface area contributed by atoms with Gasteiger partial charge < -0.3 is 25.2 Å². The summed E-state index contributed by atoms with van der Waals surface area (Å²) in [6.45, 7) is 8.84. The number of amides is 2. The minimum Gasteiger partial charge on any atom is -0.444 e. The molecule has 2 aliphatic rings. The van der Waals surface area contributed by atoms with E-state index >= 15 is 0 Å². The third-order valence-electron chi connectivity index (χ3n) is 5.15. The van der Waals surface area contributed by atoms with Crippen LogP contribution in [0.15, 0.2) is 29.3 Å². The van der Waals surface area contributed by atoms with Crippen LogP contribution in [0.3, 0.4) is 0 Å². The monoisotopic (exact) mass is 415 g/mol. The fourth-order valence-electron chi connectivity index (χ4n) is 3.55. The molecule has 0 radical (unpaired) electrons. The highest BCUT2D eigenvalue weighted by Gasteiger charge is 2.34. The van der Waals surface area contributed by atoms with Crippen LogP contribution < -0.4 is 10.6 Å². The van der Waals surface area contributed by atoms with Gasteiger partial charge in [0.05, 0.1) is 6.04 Å². The van der Waals surface area contributed by atoms with Gasteiger partial charge in [-0.1, -0.05) is 24.3 Å². The molecule has 2 N–H and O–H groups in total. The second-order valence-electron chi connectivity index (χ2n) is 8.85. The van der Waals surface area contributed by atoms with E-state index in [1.165, 1.54) is 11.1 Å². The molecule has 1 aromatic carbocycles. The van der Waals surface area contributed by atoms with Crippen molar-refractivity contribution in [2.45, 2.75) is 58.3 Å². The van der Waals surface area contributed by atoms with E-state index in [1.54, 1.807) is 11.9 Å². The van der Waals surface area contributed by atoms with Gasteiger partial charge in [0.1, 0.15) is 5.60 Å². The third-order valence-corrected chi connectivity index (χ3v) is 5.15. The second kappa shape index (κ2) is 9.36. The van der Waals surface area contributed by atoms with Crippen LogP contribution in [0.25, 0.3) is 0 Å². The van der Waals surface area contributed by atoms with Crippen molar-refractivity contribution >= 4 is 18.0 Å². The zero-order valence-corrected chi connectivity index (χ0v) is 18.4. The quantitative estimate of drug-likeness (QED) is 0.437. The summed E-state index contributed by atoms with van der Waals surface area (Å²) in [4.78, 5) is 32.3. The molecule has 2 amide bonds. The van der Waals surface area contributed by atoms with Gasteiger partial charge in [-0.05, 0) is 38.3 Å². The molecule has 0 aliphatic carbocycles. The lowest BCUT2D eigenvalue weighted by molar-refractivity contribution is -0.131. The van der Waals surface area contributed by atoms with Gasteiger partial charge in [0.25, 0.3) is 0 Å². The zero-order valence-electron chi connectivity index (χ0n) is 18.4. The Morgan fingerprint density at radius 1 is 1.13 bits per heavy atom. The molecule has 1 fully saturated rings. The van der Waals surface area contributed by atoms with Gasteiger partial charge in [0.2, 0.25) is 5.91 Å². The van der Waals surface area contributed by atoms with E-state index in [4.69, 9.17) is 4.74 Å². The van der Waals surface area contributed by atoms with E-state index < -0.39 is 5.60 Å². The minimum absolute atomic E-state index is 0.147. The molecule has 0 aromatic heterocycles. The number of carbonyl (C=O) groups is 2. The molecule has 3 rings (SSSR count). The summed E-state index contributed by atoms with van der Waals surface area (Å²) in [7, 11) is 1.71. The van der Waals surface area contributed by atoms with Crippen molar-refractivity contribution in [2.24, 2.45) is 4.99 Å². The lowest BCUT2D eigenvalue weighted by atomic mass is 10.1. The Bertz CT molecular complexity index is 771. The lowest BCUT2D eigenvalue weighted by Crippen LogP contribution is -2.63. The van der Waals surface area contributed by atoms with Gasteiger partial charge in [-0.15, -0.1) is 0 Å². The van der Waals surface area contributed by atoms with Crippen molar-refractivity contribution in [1.29, 1.82) is 0 Å². The van der Waals surface area contributed by atoms with E-state index in [0.717, 1.165) is 6.42 Å². The third kappa shape index (κ3) is 5.87. The summed E-state index contributed by atoms with van der Waals surface area (Å²) >= 11 is 0. The molecule has 0 bridgehead atoms. The highest BCUT2D eigenvalue weighted by molar-refractivity contribution is 5.81. The molecular formula is C22H33N5O3. The summed E-state index contributed by atoms with van der Waals surface area (Å²) in [6.07, 6.45) is 0.959. The van der Waals surface area contributed by atoms with Crippen molar-refractivity contribution in [3.63, 3.8) is 0 Å². The molecule has 1 saturated heterocycles. The first kappa shape index (κ1) is 21.9. The maximum absolute atomic E-state index is 12.5. The first-order valence-electron chi connectivity index (χ1n) is 10.5. The highest BCUT2D eigenvalue weighted by Crippen LogP contribution is 2.22. The summed E-state index contributed by atoms with van der Waals surface area (Å²) in [5.41, 5.74) is 2.01. The molecule has 164 valence electrons. The van der Waals surface area contributed by atoms with Gasteiger partial charge in [-0.2, -0.15) is 0 Å². The number of ether oxygens (including phenoxy) is 1. The number of hydrogen-bond acceptors (Lipinski definition) is 4. The largest absolute Gasteiger partial charge is 0.444 e. The number of nitrogens with one attached hydrogen (secondary N) is 2. The summed E-state index contributed by atoms with van der Waals surface area (Å²) in [5.74, 6) is 0.868. The van der Waals surface area contributed by atoms with Crippen LogP contribution in [0.5, 0.6) is 0 Å². The molecule has 0 saturated carbocycles. The molecule has 0 spiro atoms. The Labute approximate surface area is 178 Å². The van der Waals surface area contributed by atoms with Crippen molar-refractivity contribution in [3.8, 4) is 0 Å². The highest BCUT2D eigenvalue weighted by atomic mass is 16.6. The molecule has 0 atom stereocenters. The van der Waals surface area contributed by atoms with E-state index in [0.29, 0.717) is 45.1 Å². The predicted molar refractivity (Wildman–Crippen MR) is 116 cm³/mol. The van der Waals surface area contributed by atoms with Crippen molar-refractivity contribution in [3.05, 3.63) is 35.4 Å². The fourth-order valence-corrected chi connectivity index (χ4v) is 3.55. The number of nitrogens with zero attached hydrogens (tertiary/aromatic N) is 3.